The molecule has 0 radical (unpaired) electrons. The number of hydrogen-bond donors (Lipinski definition) is 1. The maximum atomic E-state index is 5.20. The lowest BCUT2D eigenvalue weighted by Gasteiger charge is -2.10. The second-order valence-electron chi connectivity index (χ2n) is 4.32. The molecule has 1 N–H and O–H groups in total. The Morgan fingerprint density at radius 2 is 2.19 bits per heavy atom. The highest BCUT2D eigenvalue weighted by atomic mass is 16.5. The minimum atomic E-state index is 0.769. The first kappa shape index (κ1) is 13.0. The molecule has 0 spiro atoms. The summed E-state index contributed by atoms with van der Waals surface area (Å²) in [5.41, 5.74) is 1.33. The van der Waals surface area contributed by atoms with Crippen LogP contribution in [0.1, 0.15) is 25.8 Å². The Bertz CT molecular complexity index is 299. The first-order valence-electron chi connectivity index (χ1n) is 6.10. The van der Waals surface area contributed by atoms with Crippen LogP contribution in [0, 0.1) is 5.92 Å². The summed E-state index contributed by atoms with van der Waals surface area (Å²) < 4.78 is 5.20. The molecular formula is C14H23NO. The molecule has 1 aromatic rings. The summed E-state index contributed by atoms with van der Waals surface area (Å²) >= 11 is 0. The van der Waals surface area contributed by atoms with Crippen molar-refractivity contribution < 1.29 is 4.74 Å². The van der Waals surface area contributed by atoms with E-state index in [0.29, 0.717) is 0 Å². The quantitative estimate of drug-likeness (QED) is 0.715. The first-order chi connectivity index (χ1) is 7.76. The van der Waals surface area contributed by atoms with E-state index in [-0.39, 0.29) is 0 Å². The summed E-state index contributed by atoms with van der Waals surface area (Å²) in [4.78, 5) is 0. The lowest BCUT2D eigenvalue weighted by Crippen LogP contribution is -2.23. The summed E-state index contributed by atoms with van der Waals surface area (Å²) in [6.07, 6.45) is 2.31. The van der Waals surface area contributed by atoms with Gasteiger partial charge < -0.3 is 10.1 Å². The van der Waals surface area contributed by atoms with E-state index in [0.717, 1.165) is 31.2 Å². The van der Waals surface area contributed by atoms with E-state index >= 15 is 0 Å². The van der Waals surface area contributed by atoms with Crippen LogP contribution in [0.25, 0.3) is 0 Å². The maximum absolute atomic E-state index is 5.20. The summed E-state index contributed by atoms with van der Waals surface area (Å²) in [5, 5.41) is 3.48. The molecule has 16 heavy (non-hydrogen) atoms. The first-order valence-corrected chi connectivity index (χ1v) is 6.10. The highest BCUT2D eigenvalue weighted by Crippen LogP contribution is 2.12. The molecule has 0 saturated carbocycles. The predicted molar refractivity (Wildman–Crippen MR) is 69.0 cm³/mol. The molecule has 0 bridgehead atoms. The Balaban J connectivity index is 2.26. The molecule has 1 unspecified atom stereocenters. The topological polar surface area (TPSA) is 21.3 Å². The fourth-order valence-electron chi connectivity index (χ4n) is 1.55. The van der Waals surface area contributed by atoms with Gasteiger partial charge in [0.05, 0.1) is 7.11 Å². The zero-order valence-electron chi connectivity index (χ0n) is 10.6. The van der Waals surface area contributed by atoms with Crippen molar-refractivity contribution in [1.82, 2.24) is 5.32 Å². The minimum Gasteiger partial charge on any atom is -0.497 e. The summed E-state index contributed by atoms with van der Waals surface area (Å²) in [6, 6.07) is 8.28. The van der Waals surface area contributed by atoms with Crippen molar-refractivity contribution >= 4 is 0 Å². The summed E-state index contributed by atoms with van der Waals surface area (Å²) in [6.45, 7) is 6.66. The van der Waals surface area contributed by atoms with Crippen LogP contribution in [0.5, 0.6) is 5.75 Å². The van der Waals surface area contributed by atoms with Crippen molar-refractivity contribution in [3.05, 3.63) is 29.8 Å². The van der Waals surface area contributed by atoms with Gasteiger partial charge in [0.1, 0.15) is 5.75 Å². The number of methoxy groups -OCH3 is 1. The van der Waals surface area contributed by atoms with Gasteiger partial charge in [-0.25, -0.2) is 0 Å². The van der Waals surface area contributed by atoms with Crippen LogP contribution in [0.15, 0.2) is 24.3 Å². The van der Waals surface area contributed by atoms with Gasteiger partial charge in [0.2, 0.25) is 0 Å². The van der Waals surface area contributed by atoms with Gasteiger partial charge >= 0.3 is 0 Å². The van der Waals surface area contributed by atoms with Crippen molar-refractivity contribution in [3.8, 4) is 5.75 Å². The van der Waals surface area contributed by atoms with Crippen molar-refractivity contribution in [2.45, 2.75) is 26.7 Å². The molecule has 0 fully saturated rings. The van der Waals surface area contributed by atoms with Gasteiger partial charge in [-0.1, -0.05) is 32.4 Å². The van der Waals surface area contributed by atoms with Gasteiger partial charge in [-0.3, -0.25) is 0 Å². The third-order valence-electron chi connectivity index (χ3n) is 2.91. The molecule has 0 heterocycles. The largest absolute Gasteiger partial charge is 0.497 e. The number of hydrogen-bond acceptors (Lipinski definition) is 2. The smallest absolute Gasteiger partial charge is 0.119 e. The normalized spacial score (nSPS) is 12.4. The molecule has 1 atom stereocenters. The van der Waals surface area contributed by atoms with Gasteiger partial charge in [-0.15, -0.1) is 0 Å². The van der Waals surface area contributed by atoms with Crippen LogP contribution in [0.3, 0.4) is 0 Å². The Labute approximate surface area is 99.0 Å². The van der Waals surface area contributed by atoms with E-state index in [9.17, 15) is 0 Å². The van der Waals surface area contributed by atoms with Gasteiger partial charge in [0, 0.05) is 0 Å². The summed E-state index contributed by atoms with van der Waals surface area (Å²) in [7, 11) is 1.71. The maximum Gasteiger partial charge on any atom is 0.119 e. The standard InChI is InChI=1S/C14H23NO/c1-4-12(2)11-15-9-8-13-6-5-7-14(10-13)16-3/h5-7,10,12,15H,4,8-9,11H2,1-3H3. The fourth-order valence-corrected chi connectivity index (χ4v) is 1.55. The van der Waals surface area contributed by atoms with E-state index in [1.807, 2.05) is 12.1 Å². The molecule has 0 aromatic heterocycles. The molecule has 0 amide bonds. The average Bonchev–Trinajstić information content (AvgIpc) is 2.34. The number of benzene rings is 1. The Kier molecular flexibility index (Phi) is 5.94. The molecule has 1 aromatic carbocycles. The molecule has 0 aliphatic heterocycles. The Morgan fingerprint density at radius 3 is 2.88 bits per heavy atom. The third kappa shape index (κ3) is 4.67. The monoisotopic (exact) mass is 221 g/mol. The van der Waals surface area contributed by atoms with Crippen LogP contribution in [-0.2, 0) is 6.42 Å². The molecule has 0 aliphatic carbocycles. The zero-order chi connectivity index (χ0) is 11.8. The molecule has 2 heteroatoms. The zero-order valence-corrected chi connectivity index (χ0v) is 10.6. The third-order valence-corrected chi connectivity index (χ3v) is 2.91. The lowest BCUT2D eigenvalue weighted by atomic mass is 10.1. The highest BCUT2D eigenvalue weighted by Gasteiger charge is 1.98. The van der Waals surface area contributed by atoms with E-state index in [1.165, 1.54) is 12.0 Å². The van der Waals surface area contributed by atoms with Crippen LogP contribution in [0.2, 0.25) is 0 Å². The predicted octanol–water partition coefficient (Wildman–Crippen LogP) is 2.87. The minimum absolute atomic E-state index is 0.769. The molecular weight excluding hydrogens is 198 g/mol. The van der Waals surface area contributed by atoms with E-state index in [4.69, 9.17) is 4.74 Å². The second kappa shape index (κ2) is 7.29. The van der Waals surface area contributed by atoms with E-state index in [1.54, 1.807) is 7.11 Å². The number of ether oxygens (including phenoxy) is 1. The van der Waals surface area contributed by atoms with Crippen molar-refractivity contribution in [2.24, 2.45) is 5.92 Å². The molecule has 0 saturated heterocycles. The van der Waals surface area contributed by atoms with Gasteiger partial charge in [-0.2, -0.15) is 0 Å². The van der Waals surface area contributed by atoms with Gasteiger partial charge in [0.15, 0.2) is 0 Å². The SMILES string of the molecule is CCC(C)CNCCc1cccc(OC)c1. The lowest BCUT2D eigenvalue weighted by molar-refractivity contribution is 0.414. The number of rotatable bonds is 7. The highest BCUT2D eigenvalue weighted by molar-refractivity contribution is 5.28. The van der Waals surface area contributed by atoms with Crippen LogP contribution >= 0.6 is 0 Å². The number of nitrogens with one attached hydrogen (secondary N) is 1. The van der Waals surface area contributed by atoms with Crippen LogP contribution in [-0.4, -0.2) is 20.2 Å². The second-order valence-corrected chi connectivity index (χ2v) is 4.32. The average molecular weight is 221 g/mol. The van der Waals surface area contributed by atoms with Gasteiger partial charge in [-0.05, 0) is 43.1 Å². The molecule has 2 nitrogen and oxygen atoms in total. The Morgan fingerprint density at radius 1 is 1.38 bits per heavy atom. The van der Waals surface area contributed by atoms with E-state index in [2.05, 4.69) is 31.3 Å². The molecule has 1 rings (SSSR count). The van der Waals surface area contributed by atoms with Gasteiger partial charge in [0.25, 0.3) is 0 Å². The van der Waals surface area contributed by atoms with Crippen molar-refractivity contribution in [2.75, 3.05) is 20.2 Å². The fraction of sp³-hybridized carbons (Fsp3) is 0.571. The summed E-state index contributed by atoms with van der Waals surface area (Å²) in [5.74, 6) is 1.71. The van der Waals surface area contributed by atoms with E-state index < -0.39 is 0 Å². The van der Waals surface area contributed by atoms with Crippen molar-refractivity contribution in [3.63, 3.8) is 0 Å². The molecule has 0 aliphatic rings. The van der Waals surface area contributed by atoms with Crippen molar-refractivity contribution in [1.29, 1.82) is 0 Å². The molecule has 90 valence electrons. The van der Waals surface area contributed by atoms with Crippen LogP contribution < -0.4 is 10.1 Å². The van der Waals surface area contributed by atoms with Crippen LogP contribution in [0.4, 0.5) is 0 Å². The Hall–Kier alpha value is -1.02.